The number of carbonyl (C=O) groups excluding carboxylic acids is 1. The van der Waals surface area contributed by atoms with Gasteiger partial charge in [-0.3, -0.25) is 4.79 Å². The van der Waals surface area contributed by atoms with Gasteiger partial charge in [0.15, 0.2) is 0 Å². The molecule has 0 fully saturated rings. The summed E-state index contributed by atoms with van der Waals surface area (Å²) in [7, 11) is 1.76. The molecule has 0 heterocycles. The van der Waals surface area contributed by atoms with Gasteiger partial charge in [-0.15, -0.1) is 0 Å². The third kappa shape index (κ3) is 3.03. The fraction of sp³-hybridized carbons (Fsp3) is 0.400. The molecule has 2 heteroatoms. The summed E-state index contributed by atoms with van der Waals surface area (Å²) in [5.41, 5.74) is 0.711. The van der Waals surface area contributed by atoms with Crippen LogP contribution in [0.4, 0.5) is 0 Å². The van der Waals surface area contributed by atoms with E-state index in [-0.39, 0.29) is 0 Å². The van der Waals surface area contributed by atoms with Crippen LogP contribution in [0.1, 0.15) is 6.92 Å². The molecular weight excluding hydrogens is 90.1 g/mol. The number of allylic oxidation sites excluding steroid dienone is 1. The summed E-state index contributed by atoms with van der Waals surface area (Å²) in [6, 6.07) is 0. The molecule has 40 valence electrons. The Morgan fingerprint density at radius 3 is 2.43 bits per heavy atom. The molecule has 0 aliphatic carbocycles. The summed E-state index contributed by atoms with van der Waals surface area (Å²) in [6.45, 7) is 1.74. The zero-order valence-electron chi connectivity index (χ0n) is 4.56. The van der Waals surface area contributed by atoms with Crippen LogP contribution < -0.4 is 5.32 Å². The van der Waals surface area contributed by atoms with Crippen molar-refractivity contribution in [2.24, 2.45) is 0 Å². The van der Waals surface area contributed by atoms with Gasteiger partial charge in [0, 0.05) is 18.8 Å². The second kappa shape index (κ2) is 3.40. The monoisotopic (exact) mass is 99.1 g/mol. The lowest BCUT2D eigenvalue weighted by Gasteiger charge is -1.84. The molecule has 0 aromatic heterocycles. The van der Waals surface area contributed by atoms with E-state index in [1.807, 2.05) is 0 Å². The number of carbonyl (C=O) groups is 1. The maximum absolute atomic E-state index is 9.79. The van der Waals surface area contributed by atoms with Crippen LogP contribution >= 0.6 is 0 Å². The van der Waals surface area contributed by atoms with Crippen LogP contribution in [0.3, 0.4) is 0 Å². The molecule has 0 aliphatic heterocycles. The summed E-state index contributed by atoms with van der Waals surface area (Å²) in [5, 5.41) is 2.73. The van der Waals surface area contributed by atoms with Gasteiger partial charge >= 0.3 is 0 Å². The van der Waals surface area contributed by atoms with E-state index in [1.165, 1.54) is 0 Å². The molecular formula is C5H9NO. The standard InChI is InChI=1S/C5H9NO/c1-5(4-7)3-6-2/h3-4,6H,1-2H3/b5-3-. The lowest BCUT2D eigenvalue weighted by atomic mass is 10.4. The summed E-state index contributed by atoms with van der Waals surface area (Å²) >= 11 is 0. The van der Waals surface area contributed by atoms with Gasteiger partial charge in [0.1, 0.15) is 6.29 Å². The molecule has 0 aliphatic rings. The van der Waals surface area contributed by atoms with Crippen LogP contribution in [0.15, 0.2) is 11.8 Å². The van der Waals surface area contributed by atoms with Gasteiger partial charge in [0.25, 0.3) is 0 Å². The number of hydrogen-bond donors (Lipinski definition) is 1. The molecule has 7 heavy (non-hydrogen) atoms. The fourth-order valence-electron chi connectivity index (χ4n) is 0.262. The first-order chi connectivity index (χ1) is 3.31. The molecule has 0 unspecified atom stereocenters. The lowest BCUT2D eigenvalue weighted by Crippen LogP contribution is -1.94. The quantitative estimate of drug-likeness (QED) is 0.398. The van der Waals surface area contributed by atoms with Crippen LogP contribution in [-0.2, 0) is 4.79 Å². The average molecular weight is 99.1 g/mol. The maximum atomic E-state index is 9.79. The first kappa shape index (κ1) is 6.21. The highest BCUT2D eigenvalue weighted by Crippen LogP contribution is 1.78. The van der Waals surface area contributed by atoms with Gasteiger partial charge < -0.3 is 5.32 Å². The smallest absolute Gasteiger partial charge is 0.147 e. The van der Waals surface area contributed by atoms with Crippen molar-refractivity contribution in [1.29, 1.82) is 0 Å². The van der Waals surface area contributed by atoms with Crippen molar-refractivity contribution in [1.82, 2.24) is 5.32 Å². The largest absolute Gasteiger partial charge is 0.394 e. The molecule has 0 aromatic rings. The summed E-state index contributed by atoms with van der Waals surface area (Å²) in [6.07, 6.45) is 2.45. The van der Waals surface area contributed by atoms with Crippen molar-refractivity contribution in [2.45, 2.75) is 6.92 Å². The Morgan fingerprint density at radius 2 is 2.29 bits per heavy atom. The van der Waals surface area contributed by atoms with Crippen LogP contribution in [0.2, 0.25) is 0 Å². The minimum absolute atomic E-state index is 0.711. The van der Waals surface area contributed by atoms with Gasteiger partial charge in [-0.2, -0.15) is 0 Å². The highest BCUT2D eigenvalue weighted by atomic mass is 16.1. The Balaban J connectivity index is 3.49. The third-order valence-corrected chi connectivity index (χ3v) is 0.558. The van der Waals surface area contributed by atoms with E-state index in [0.29, 0.717) is 5.57 Å². The Bertz CT molecular complexity index is 86.1. The molecule has 0 aromatic carbocycles. The second-order valence-corrected chi connectivity index (χ2v) is 1.29. The molecule has 0 radical (unpaired) electrons. The molecule has 0 spiro atoms. The number of aldehydes is 1. The topological polar surface area (TPSA) is 29.1 Å². The molecule has 0 saturated heterocycles. The van der Waals surface area contributed by atoms with Crippen LogP contribution in [0.25, 0.3) is 0 Å². The SMILES string of the molecule is CN/C=C(/C)C=O. The van der Waals surface area contributed by atoms with E-state index in [2.05, 4.69) is 5.32 Å². The van der Waals surface area contributed by atoms with E-state index < -0.39 is 0 Å². The van der Waals surface area contributed by atoms with Crippen molar-refractivity contribution < 1.29 is 4.79 Å². The zero-order chi connectivity index (χ0) is 5.70. The van der Waals surface area contributed by atoms with Crippen molar-refractivity contribution in [3.63, 3.8) is 0 Å². The van der Waals surface area contributed by atoms with Crippen molar-refractivity contribution >= 4 is 6.29 Å². The van der Waals surface area contributed by atoms with Crippen molar-refractivity contribution in [3.8, 4) is 0 Å². The fourth-order valence-corrected chi connectivity index (χ4v) is 0.262. The highest BCUT2D eigenvalue weighted by molar-refractivity contribution is 5.71. The molecule has 1 N–H and O–H groups in total. The normalized spacial score (nSPS) is 10.9. The highest BCUT2D eigenvalue weighted by Gasteiger charge is 1.75. The van der Waals surface area contributed by atoms with E-state index in [0.717, 1.165) is 6.29 Å². The van der Waals surface area contributed by atoms with Gasteiger partial charge in [-0.05, 0) is 6.92 Å². The van der Waals surface area contributed by atoms with Crippen LogP contribution in [-0.4, -0.2) is 13.3 Å². The van der Waals surface area contributed by atoms with Gasteiger partial charge in [0.2, 0.25) is 0 Å². The first-order valence-electron chi connectivity index (χ1n) is 2.10. The Labute approximate surface area is 43.2 Å². The van der Waals surface area contributed by atoms with Gasteiger partial charge in [-0.1, -0.05) is 0 Å². The molecule has 0 saturated carbocycles. The Kier molecular flexibility index (Phi) is 3.02. The third-order valence-electron chi connectivity index (χ3n) is 0.558. The van der Waals surface area contributed by atoms with Gasteiger partial charge in [-0.25, -0.2) is 0 Å². The predicted molar refractivity (Wildman–Crippen MR) is 28.9 cm³/mol. The number of rotatable bonds is 2. The van der Waals surface area contributed by atoms with Crippen molar-refractivity contribution in [3.05, 3.63) is 11.8 Å². The van der Waals surface area contributed by atoms with E-state index in [4.69, 9.17) is 0 Å². The van der Waals surface area contributed by atoms with E-state index in [1.54, 1.807) is 20.2 Å². The molecule has 2 nitrogen and oxygen atoms in total. The molecule has 0 bridgehead atoms. The van der Waals surface area contributed by atoms with Crippen LogP contribution in [0, 0.1) is 0 Å². The predicted octanol–water partition coefficient (Wildman–Crippen LogP) is 0.309. The average Bonchev–Trinajstić information content (AvgIpc) is 1.68. The maximum Gasteiger partial charge on any atom is 0.147 e. The second-order valence-electron chi connectivity index (χ2n) is 1.29. The summed E-state index contributed by atoms with van der Waals surface area (Å²) in [5.74, 6) is 0. The number of hydrogen-bond acceptors (Lipinski definition) is 2. The summed E-state index contributed by atoms with van der Waals surface area (Å²) in [4.78, 5) is 9.79. The first-order valence-corrected chi connectivity index (χ1v) is 2.10. The minimum atomic E-state index is 0.711. The lowest BCUT2D eigenvalue weighted by molar-refractivity contribution is -0.104. The minimum Gasteiger partial charge on any atom is -0.394 e. The number of nitrogens with one attached hydrogen (secondary N) is 1. The summed E-state index contributed by atoms with van der Waals surface area (Å²) < 4.78 is 0. The molecule has 0 amide bonds. The van der Waals surface area contributed by atoms with Crippen molar-refractivity contribution in [2.75, 3.05) is 7.05 Å². The van der Waals surface area contributed by atoms with E-state index >= 15 is 0 Å². The molecule has 0 rings (SSSR count). The Morgan fingerprint density at radius 1 is 1.71 bits per heavy atom. The van der Waals surface area contributed by atoms with Crippen LogP contribution in [0.5, 0.6) is 0 Å². The van der Waals surface area contributed by atoms with Gasteiger partial charge in [0.05, 0.1) is 0 Å². The van der Waals surface area contributed by atoms with E-state index in [9.17, 15) is 4.79 Å². The Hall–Kier alpha value is -0.790. The molecule has 0 atom stereocenters. The zero-order valence-corrected chi connectivity index (χ0v) is 4.56.